The van der Waals surface area contributed by atoms with E-state index in [0.717, 1.165) is 16.9 Å². The monoisotopic (exact) mass is 397 g/mol. The Morgan fingerprint density at radius 3 is 2.14 bits per heavy atom. The Balaban J connectivity index is 1.98. The quantitative estimate of drug-likeness (QED) is 0.460. The molecular formula is C24H31NO4. The average Bonchev–Trinajstić information content (AvgIpc) is 2.70. The number of ketones is 1. The van der Waals surface area contributed by atoms with Crippen LogP contribution in [0, 0.1) is 5.92 Å². The first-order valence-corrected chi connectivity index (χ1v) is 10.1. The van der Waals surface area contributed by atoms with E-state index < -0.39 is 17.8 Å². The van der Waals surface area contributed by atoms with Crippen LogP contribution in [0.15, 0.2) is 54.6 Å². The van der Waals surface area contributed by atoms with E-state index in [0.29, 0.717) is 18.9 Å². The lowest BCUT2D eigenvalue weighted by molar-refractivity contribution is -0.155. The summed E-state index contributed by atoms with van der Waals surface area (Å²) < 4.78 is 10.9. The third-order valence-corrected chi connectivity index (χ3v) is 4.21. The zero-order chi connectivity index (χ0) is 21.2. The highest BCUT2D eigenvalue weighted by Gasteiger charge is 2.27. The molecule has 29 heavy (non-hydrogen) atoms. The van der Waals surface area contributed by atoms with E-state index in [1.54, 1.807) is 0 Å². The Morgan fingerprint density at radius 2 is 1.55 bits per heavy atom. The van der Waals surface area contributed by atoms with Gasteiger partial charge in [0.1, 0.15) is 12.4 Å². The molecule has 0 unspecified atom stereocenters. The van der Waals surface area contributed by atoms with Gasteiger partial charge in [-0.3, -0.25) is 4.79 Å². The molecule has 1 atom stereocenters. The summed E-state index contributed by atoms with van der Waals surface area (Å²) in [5.74, 6) is -0.128. The van der Waals surface area contributed by atoms with Crippen LogP contribution in [0.1, 0.15) is 38.8 Å². The van der Waals surface area contributed by atoms with Gasteiger partial charge in [0.15, 0.2) is 0 Å². The van der Waals surface area contributed by atoms with Crippen LogP contribution in [0.4, 0.5) is 0 Å². The van der Waals surface area contributed by atoms with Gasteiger partial charge in [-0.05, 0) is 35.6 Å². The first-order valence-electron chi connectivity index (χ1n) is 10.1. The molecule has 0 saturated carbocycles. The minimum absolute atomic E-state index is 0.0551. The molecule has 1 N–H and O–H groups in total. The molecule has 2 aromatic rings. The van der Waals surface area contributed by atoms with E-state index in [2.05, 4.69) is 19.2 Å². The average molecular weight is 398 g/mol. The number of carbonyl (C=O) groups is 2. The Labute approximate surface area is 173 Å². The van der Waals surface area contributed by atoms with Crippen molar-refractivity contribution in [2.45, 2.75) is 52.8 Å². The van der Waals surface area contributed by atoms with Crippen molar-refractivity contribution >= 4 is 11.8 Å². The molecule has 2 aromatic carbocycles. The number of rotatable bonds is 11. The van der Waals surface area contributed by atoms with Gasteiger partial charge in [0.05, 0.1) is 12.6 Å². The minimum Gasteiger partial charge on any atom is -0.493 e. The van der Waals surface area contributed by atoms with E-state index in [1.807, 2.05) is 68.4 Å². The number of carbonyl (C=O) groups excluding carboxylic acids is 2. The normalized spacial score (nSPS) is 12.1. The lowest BCUT2D eigenvalue weighted by atomic mass is 10.0. The molecule has 0 amide bonds. The molecule has 0 heterocycles. The predicted octanol–water partition coefficient (Wildman–Crippen LogP) is 3.94. The number of benzene rings is 2. The minimum atomic E-state index is -0.816. The smallest absolute Gasteiger partial charge is 0.376 e. The van der Waals surface area contributed by atoms with Crippen LogP contribution < -0.4 is 10.1 Å². The Morgan fingerprint density at radius 1 is 0.897 bits per heavy atom. The van der Waals surface area contributed by atoms with Crippen LogP contribution in [0.2, 0.25) is 0 Å². The molecule has 2 rings (SSSR count). The number of hydrogen-bond donors (Lipinski definition) is 1. The van der Waals surface area contributed by atoms with Gasteiger partial charge in [0.2, 0.25) is 0 Å². The van der Waals surface area contributed by atoms with E-state index >= 15 is 0 Å². The molecule has 0 aliphatic carbocycles. The number of Topliss-reactive ketones (excluding diaryl/α,β-unsaturated/α-hetero) is 1. The molecule has 0 bridgehead atoms. The summed E-state index contributed by atoms with van der Waals surface area (Å²) in [7, 11) is 0. The number of esters is 1. The van der Waals surface area contributed by atoms with Gasteiger partial charge in [0, 0.05) is 6.04 Å². The van der Waals surface area contributed by atoms with Crippen molar-refractivity contribution < 1.29 is 19.1 Å². The van der Waals surface area contributed by atoms with Gasteiger partial charge in [-0.25, -0.2) is 4.79 Å². The lowest BCUT2D eigenvalue weighted by Crippen LogP contribution is -2.46. The Bertz CT molecular complexity index is 769. The maximum atomic E-state index is 12.7. The first kappa shape index (κ1) is 22.6. The van der Waals surface area contributed by atoms with Crippen LogP contribution in [0.5, 0.6) is 5.75 Å². The molecule has 0 aromatic heterocycles. The van der Waals surface area contributed by atoms with Crippen molar-refractivity contribution in [2.24, 2.45) is 5.92 Å². The highest BCUT2D eigenvalue weighted by Crippen LogP contribution is 2.15. The van der Waals surface area contributed by atoms with Crippen LogP contribution in [-0.2, 0) is 27.4 Å². The SMILES string of the molecule is CC(C)COc1ccc(C[C@@H](NC(C)C)C(=O)C(=O)OCc2ccccc2)cc1. The molecule has 156 valence electrons. The van der Waals surface area contributed by atoms with Crippen molar-refractivity contribution in [2.75, 3.05) is 6.61 Å². The Kier molecular flexibility index (Phi) is 8.87. The van der Waals surface area contributed by atoms with Gasteiger partial charge >= 0.3 is 5.97 Å². The van der Waals surface area contributed by atoms with Gasteiger partial charge < -0.3 is 14.8 Å². The summed E-state index contributed by atoms with van der Waals surface area (Å²) in [6.45, 7) is 8.82. The highest BCUT2D eigenvalue weighted by molar-refractivity contribution is 6.35. The van der Waals surface area contributed by atoms with Crippen molar-refractivity contribution in [3.63, 3.8) is 0 Å². The third kappa shape index (κ3) is 8.08. The fourth-order valence-corrected chi connectivity index (χ4v) is 2.79. The van der Waals surface area contributed by atoms with Crippen LogP contribution in [-0.4, -0.2) is 30.4 Å². The van der Waals surface area contributed by atoms with Gasteiger partial charge in [-0.1, -0.05) is 70.2 Å². The number of hydrogen-bond acceptors (Lipinski definition) is 5. The second-order valence-corrected chi connectivity index (χ2v) is 7.85. The molecule has 5 heteroatoms. The summed E-state index contributed by atoms with van der Waals surface area (Å²) in [6.07, 6.45) is 0.405. The standard InChI is InChI=1S/C24H31NO4/c1-17(2)15-28-21-12-10-19(11-13-21)14-22(25-18(3)4)23(26)24(27)29-16-20-8-6-5-7-9-20/h5-13,17-18,22,25H,14-16H2,1-4H3/t22-/m1/s1. The lowest BCUT2D eigenvalue weighted by Gasteiger charge is -2.20. The second-order valence-electron chi connectivity index (χ2n) is 7.85. The number of nitrogens with one attached hydrogen (secondary N) is 1. The topological polar surface area (TPSA) is 64.6 Å². The molecule has 0 spiro atoms. The maximum Gasteiger partial charge on any atom is 0.376 e. The fourth-order valence-electron chi connectivity index (χ4n) is 2.79. The predicted molar refractivity (Wildman–Crippen MR) is 114 cm³/mol. The van der Waals surface area contributed by atoms with E-state index in [9.17, 15) is 9.59 Å². The molecule has 5 nitrogen and oxygen atoms in total. The van der Waals surface area contributed by atoms with Crippen molar-refractivity contribution in [3.05, 3.63) is 65.7 Å². The van der Waals surface area contributed by atoms with E-state index in [1.165, 1.54) is 0 Å². The summed E-state index contributed by atoms with van der Waals surface area (Å²) in [6, 6.07) is 16.4. The molecule has 0 radical (unpaired) electrons. The molecule has 0 saturated heterocycles. The van der Waals surface area contributed by atoms with Gasteiger partial charge in [-0.15, -0.1) is 0 Å². The van der Waals surface area contributed by atoms with Crippen LogP contribution in [0.25, 0.3) is 0 Å². The fraction of sp³-hybridized carbons (Fsp3) is 0.417. The summed E-state index contributed by atoms with van der Waals surface area (Å²) >= 11 is 0. The molecular weight excluding hydrogens is 366 g/mol. The second kappa shape index (κ2) is 11.4. The van der Waals surface area contributed by atoms with E-state index in [-0.39, 0.29) is 12.6 Å². The summed E-state index contributed by atoms with van der Waals surface area (Å²) in [5, 5.41) is 3.18. The molecule has 0 aliphatic rings. The van der Waals surface area contributed by atoms with Crippen LogP contribution in [0.3, 0.4) is 0 Å². The highest BCUT2D eigenvalue weighted by atomic mass is 16.5. The molecule has 0 aliphatic heterocycles. The summed E-state index contributed by atoms with van der Waals surface area (Å²) in [4.78, 5) is 25.0. The number of ether oxygens (including phenoxy) is 2. The Hall–Kier alpha value is -2.66. The zero-order valence-electron chi connectivity index (χ0n) is 17.7. The van der Waals surface area contributed by atoms with Crippen molar-refractivity contribution in [1.29, 1.82) is 0 Å². The zero-order valence-corrected chi connectivity index (χ0v) is 17.7. The largest absolute Gasteiger partial charge is 0.493 e. The van der Waals surface area contributed by atoms with Crippen LogP contribution >= 0.6 is 0 Å². The van der Waals surface area contributed by atoms with Crippen molar-refractivity contribution in [3.8, 4) is 5.75 Å². The first-order chi connectivity index (χ1) is 13.8. The summed E-state index contributed by atoms with van der Waals surface area (Å²) in [5.41, 5.74) is 1.79. The van der Waals surface area contributed by atoms with Gasteiger partial charge in [-0.2, -0.15) is 0 Å². The van der Waals surface area contributed by atoms with E-state index in [4.69, 9.17) is 9.47 Å². The molecule has 0 fully saturated rings. The third-order valence-electron chi connectivity index (χ3n) is 4.21. The maximum absolute atomic E-state index is 12.7. The van der Waals surface area contributed by atoms with Gasteiger partial charge in [0.25, 0.3) is 5.78 Å². The van der Waals surface area contributed by atoms with Crippen molar-refractivity contribution in [1.82, 2.24) is 5.32 Å².